The highest BCUT2D eigenvalue weighted by Crippen LogP contribution is 2.37. The normalized spacial score (nSPS) is 19.7. The van der Waals surface area contributed by atoms with Crippen molar-refractivity contribution >= 4 is 10.0 Å². The van der Waals surface area contributed by atoms with Gasteiger partial charge in [0, 0.05) is 32.0 Å². The highest BCUT2D eigenvalue weighted by molar-refractivity contribution is 7.89. The zero-order valence-corrected chi connectivity index (χ0v) is 13.9. The van der Waals surface area contributed by atoms with Gasteiger partial charge in [0.05, 0.1) is 16.5 Å². The molecule has 2 aromatic rings. The zero-order chi connectivity index (χ0) is 18.1. The smallest absolute Gasteiger partial charge is 0.313 e. The van der Waals surface area contributed by atoms with Gasteiger partial charge in [-0.25, -0.2) is 8.42 Å². The lowest BCUT2D eigenvalue weighted by molar-refractivity contribution is -0.139. The first kappa shape index (κ1) is 17.8. The number of benzene rings is 1. The number of alkyl halides is 3. The Morgan fingerprint density at radius 1 is 1.16 bits per heavy atom. The molecule has 0 saturated carbocycles. The number of nitrogens with one attached hydrogen (secondary N) is 1. The minimum absolute atomic E-state index is 0.0775. The third-order valence-corrected chi connectivity index (χ3v) is 6.01. The highest BCUT2D eigenvalue weighted by atomic mass is 32.2. The van der Waals surface area contributed by atoms with Gasteiger partial charge in [-0.05, 0) is 23.8 Å². The van der Waals surface area contributed by atoms with Crippen LogP contribution < -0.4 is 5.32 Å². The Bertz CT molecular complexity index is 841. The summed E-state index contributed by atoms with van der Waals surface area (Å²) in [6, 6.07) is 7.02. The minimum atomic E-state index is -4.75. The molecule has 9 heteroatoms. The number of sulfonamides is 1. The molecule has 1 aliphatic rings. The van der Waals surface area contributed by atoms with Crippen molar-refractivity contribution in [1.82, 2.24) is 14.6 Å². The Kier molecular flexibility index (Phi) is 4.81. The topological polar surface area (TPSA) is 62.3 Å². The first-order chi connectivity index (χ1) is 11.8. The van der Waals surface area contributed by atoms with Crippen molar-refractivity contribution in [2.45, 2.75) is 17.1 Å². The molecule has 1 N–H and O–H groups in total. The number of piperazine rings is 1. The molecule has 1 unspecified atom stereocenters. The Hall–Kier alpha value is -1.97. The third-order valence-electron chi connectivity index (χ3n) is 4.04. The maximum Gasteiger partial charge on any atom is 0.417 e. The molecule has 0 radical (unpaired) electrons. The van der Waals surface area contributed by atoms with Gasteiger partial charge in [-0.3, -0.25) is 4.98 Å². The number of pyridine rings is 1. The molecule has 0 amide bonds. The summed E-state index contributed by atoms with van der Waals surface area (Å²) >= 11 is 0. The SMILES string of the molecule is O=S(=O)(c1ccccc1C(F)(F)F)N1CCNCC1c1cccnc1. The molecule has 0 aliphatic carbocycles. The lowest BCUT2D eigenvalue weighted by Crippen LogP contribution is -2.48. The molecule has 0 spiro atoms. The maximum absolute atomic E-state index is 13.3. The molecule has 25 heavy (non-hydrogen) atoms. The van der Waals surface area contributed by atoms with E-state index in [2.05, 4.69) is 10.3 Å². The van der Waals surface area contributed by atoms with Crippen LogP contribution in [0.1, 0.15) is 17.2 Å². The van der Waals surface area contributed by atoms with Crippen LogP contribution in [0.2, 0.25) is 0 Å². The maximum atomic E-state index is 13.3. The number of hydrogen-bond acceptors (Lipinski definition) is 4. The van der Waals surface area contributed by atoms with Crippen molar-refractivity contribution < 1.29 is 21.6 Å². The van der Waals surface area contributed by atoms with E-state index in [-0.39, 0.29) is 6.54 Å². The van der Waals surface area contributed by atoms with Gasteiger partial charge in [-0.2, -0.15) is 17.5 Å². The second-order valence-electron chi connectivity index (χ2n) is 5.62. The predicted molar refractivity (Wildman–Crippen MR) is 85.2 cm³/mol. The number of rotatable bonds is 3. The van der Waals surface area contributed by atoms with Crippen molar-refractivity contribution in [3.63, 3.8) is 0 Å². The van der Waals surface area contributed by atoms with Crippen LogP contribution in [-0.4, -0.2) is 37.3 Å². The van der Waals surface area contributed by atoms with Crippen molar-refractivity contribution in [2.24, 2.45) is 0 Å². The quantitative estimate of drug-likeness (QED) is 0.900. The Labute approximate surface area is 143 Å². The lowest BCUT2D eigenvalue weighted by Gasteiger charge is -2.35. The van der Waals surface area contributed by atoms with E-state index in [1.807, 2.05) is 0 Å². The van der Waals surface area contributed by atoms with Gasteiger partial charge in [0.25, 0.3) is 0 Å². The fourth-order valence-electron chi connectivity index (χ4n) is 2.88. The first-order valence-corrected chi connectivity index (χ1v) is 9.04. The molecular weight excluding hydrogens is 355 g/mol. The van der Waals surface area contributed by atoms with Crippen LogP contribution >= 0.6 is 0 Å². The van der Waals surface area contributed by atoms with Crippen LogP contribution in [0.25, 0.3) is 0 Å². The summed E-state index contributed by atoms with van der Waals surface area (Å²) < 4.78 is 66.9. The second kappa shape index (κ2) is 6.74. The monoisotopic (exact) mass is 371 g/mol. The molecule has 1 aromatic heterocycles. The number of hydrogen-bond donors (Lipinski definition) is 1. The standard InChI is InChI=1S/C16H16F3N3O2S/c17-16(18,19)13-5-1-2-6-15(13)25(23,24)22-9-8-21-11-14(22)12-4-3-7-20-10-12/h1-7,10,14,21H,8-9,11H2. The van der Waals surface area contributed by atoms with Crippen LogP contribution in [-0.2, 0) is 16.2 Å². The third kappa shape index (κ3) is 3.53. The van der Waals surface area contributed by atoms with Crippen LogP contribution in [0, 0.1) is 0 Å². The second-order valence-corrected chi connectivity index (χ2v) is 7.47. The van der Waals surface area contributed by atoms with Crippen LogP contribution in [0.4, 0.5) is 13.2 Å². The van der Waals surface area contributed by atoms with Gasteiger partial charge in [0.1, 0.15) is 0 Å². The molecule has 1 atom stereocenters. The molecule has 1 fully saturated rings. The van der Waals surface area contributed by atoms with E-state index < -0.39 is 32.7 Å². The molecular formula is C16H16F3N3O2S. The molecule has 1 aliphatic heterocycles. The van der Waals surface area contributed by atoms with Gasteiger partial charge in [-0.1, -0.05) is 18.2 Å². The largest absolute Gasteiger partial charge is 0.417 e. The van der Waals surface area contributed by atoms with Gasteiger partial charge in [0.2, 0.25) is 10.0 Å². The average molecular weight is 371 g/mol. The molecule has 0 bridgehead atoms. The van der Waals surface area contributed by atoms with Gasteiger partial charge < -0.3 is 5.32 Å². The van der Waals surface area contributed by atoms with E-state index in [0.717, 1.165) is 16.4 Å². The van der Waals surface area contributed by atoms with Crippen LogP contribution in [0.15, 0.2) is 53.7 Å². The van der Waals surface area contributed by atoms with Crippen LogP contribution in [0.5, 0.6) is 0 Å². The van der Waals surface area contributed by atoms with E-state index in [1.54, 1.807) is 18.3 Å². The van der Waals surface area contributed by atoms with E-state index >= 15 is 0 Å². The Balaban J connectivity index is 2.07. The van der Waals surface area contributed by atoms with Gasteiger partial charge in [-0.15, -0.1) is 0 Å². The van der Waals surface area contributed by atoms with E-state index in [4.69, 9.17) is 0 Å². The summed E-state index contributed by atoms with van der Waals surface area (Å²) in [6.07, 6.45) is -1.67. The molecule has 3 rings (SSSR count). The zero-order valence-electron chi connectivity index (χ0n) is 13.1. The molecule has 1 aromatic carbocycles. The average Bonchev–Trinajstić information content (AvgIpc) is 2.62. The summed E-state index contributed by atoms with van der Waals surface area (Å²) in [5.74, 6) is 0. The van der Waals surface area contributed by atoms with Gasteiger partial charge in [0.15, 0.2) is 0 Å². The fourth-order valence-corrected chi connectivity index (χ4v) is 4.71. The number of halogens is 3. The van der Waals surface area contributed by atoms with Crippen molar-refractivity contribution in [1.29, 1.82) is 0 Å². The van der Waals surface area contributed by atoms with Crippen molar-refractivity contribution in [3.05, 3.63) is 59.9 Å². The minimum Gasteiger partial charge on any atom is -0.313 e. The van der Waals surface area contributed by atoms with E-state index in [9.17, 15) is 21.6 Å². The molecule has 134 valence electrons. The summed E-state index contributed by atoms with van der Waals surface area (Å²) in [5.41, 5.74) is -0.527. The predicted octanol–water partition coefficient (Wildman–Crippen LogP) is 2.44. The highest BCUT2D eigenvalue weighted by Gasteiger charge is 2.41. The van der Waals surface area contributed by atoms with Crippen molar-refractivity contribution in [3.8, 4) is 0 Å². The number of nitrogens with zero attached hydrogens (tertiary/aromatic N) is 2. The summed E-state index contributed by atoms with van der Waals surface area (Å²) in [6.45, 7) is 0.747. The lowest BCUT2D eigenvalue weighted by atomic mass is 10.1. The summed E-state index contributed by atoms with van der Waals surface area (Å²) in [7, 11) is -4.33. The van der Waals surface area contributed by atoms with Crippen LogP contribution in [0.3, 0.4) is 0 Å². The van der Waals surface area contributed by atoms with E-state index in [1.165, 1.54) is 18.3 Å². The van der Waals surface area contributed by atoms with E-state index in [0.29, 0.717) is 18.7 Å². The fraction of sp³-hybridized carbons (Fsp3) is 0.312. The molecule has 1 saturated heterocycles. The van der Waals surface area contributed by atoms with Gasteiger partial charge >= 0.3 is 6.18 Å². The summed E-state index contributed by atoms with van der Waals surface area (Å²) in [4.78, 5) is 3.25. The van der Waals surface area contributed by atoms with Crippen molar-refractivity contribution in [2.75, 3.05) is 19.6 Å². The Morgan fingerprint density at radius 3 is 2.60 bits per heavy atom. The molecule has 2 heterocycles. The first-order valence-electron chi connectivity index (χ1n) is 7.60. The number of aromatic nitrogens is 1. The Morgan fingerprint density at radius 2 is 1.92 bits per heavy atom. The summed E-state index contributed by atoms with van der Waals surface area (Å²) in [5, 5.41) is 3.08. The molecule has 5 nitrogen and oxygen atoms in total.